The van der Waals surface area contributed by atoms with Gasteiger partial charge in [0.2, 0.25) is 0 Å². The van der Waals surface area contributed by atoms with E-state index in [4.69, 9.17) is 4.74 Å². The number of pyridine rings is 1. The van der Waals surface area contributed by atoms with Gasteiger partial charge in [-0.1, -0.05) is 18.2 Å². The number of fused-ring (bicyclic) bond motifs is 1. The van der Waals surface area contributed by atoms with Crippen LogP contribution >= 0.6 is 11.3 Å². The van der Waals surface area contributed by atoms with Crippen LogP contribution in [0.25, 0.3) is 10.9 Å². The second kappa shape index (κ2) is 7.40. The van der Waals surface area contributed by atoms with E-state index in [2.05, 4.69) is 15.3 Å². The number of nitrogens with one attached hydrogen (secondary N) is 1. The second-order valence-electron chi connectivity index (χ2n) is 5.41. The molecule has 3 rings (SSSR count). The topological polar surface area (TPSA) is 81.2 Å². The van der Waals surface area contributed by atoms with Crippen molar-refractivity contribution in [2.75, 3.05) is 11.9 Å². The van der Waals surface area contributed by atoms with Gasteiger partial charge in [-0.05, 0) is 26.0 Å². The molecule has 1 amide bonds. The molecule has 0 aliphatic heterocycles. The zero-order chi connectivity index (χ0) is 17.8. The molecule has 0 aliphatic carbocycles. The van der Waals surface area contributed by atoms with Crippen LogP contribution in [0.4, 0.5) is 5.13 Å². The van der Waals surface area contributed by atoms with Crippen LogP contribution in [0.15, 0.2) is 35.7 Å². The molecule has 0 spiro atoms. The molecule has 0 unspecified atom stereocenters. The molecular formula is C18H17N3O3S. The van der Waals surface area contributed by atoms with E-state index in [1.54, 1.807) is 18.4 Å². The molecule has 128 valence electrons. The highest BCUT2D eigenvalue weighted by Crippen LogP contribution is 2.21. The maximum absolute atomic E-state index is 12.7. The first-order chi connectivity index (χ1) is 12.1. The number of rotatable bonds is 5. The molecule has 0 aliphatic rings. The maximum Gasteiger partial charge on any atom is 0.311 e. The van der Waals surface area contributed by atoms with E-state index in [1.165, 1.54) is 11.3 Å². The molecule has 2 heterocycles. The van der Waals surface area contributed by atoms with Crippen molar-refractivity contribution in [1.29, 1.82) is 0 Å². The van der Waals surface area contributed by atoms with E-state index in [0.717, 1.165) is 16.6 Å². The van der Waals surface area contributed by atoms with Crippen molar-refractivity contribution in [3.8, 4) is 0 Å². The van der Waals surface area contributed by atoms with Crippen molar-refractivity contribution in [2.24, 2.45) is 0 Å². The molecule has 25 heavy (non-hydrogen) atoms. The van der Waals surface area contributed by atoms with Gasteiger partial charge in [0.25, 0.3) is 5.91 Å². The first kappa shape index (κ1) is 17.0. The molecule has 0 saturated heterocycles. The van der Waals surface area contributed by atoms with Crippen molar-refractivity contribution in [3.05, 3.63) is 52.7 Å². The highest BCUT2D eigenvalue weighted by atomic mass is 32.1. The average molecular weight is 355 g/mol. The summed E-state index contributed by atoms with van der Waals surface area (Å²) in [6, 6.07) is 9.26. The fourth-order valence-electron chi connectivity index (χ4n) is 2.47. The van der Waals surface area contributed by atoms with Crippen LogP contribution in [0, 0.1) is 6.92 Å². The molecule has 0 saturated carbocycles. The van der Waals surface area contributed by atoms with Gasteiger partial charge in [-0.25, -0.2) is 4.98 Å². The summed E-state index contributed by atoms with van der Waals surface area (Å²) in [6.45, 7) is 3.94. The van der Waals surface area contributed by atoms with Crippen molar-refractivity contribution in [2.45, 2.75) is 20.3 Å². The summed E-state index contributed by atoms with van der Waals surface area (Å²) in [6.07, 6.45) is 0.0947. The van der Waals surface area contributed by atoms with Crippen LogP contribution in [-0.4, -0.2) is 28.5 Å². The summed E-state index contributed by atoms with van der Waals surface area (Å²) in [4.78, 5) is 32.9. The molecule has 0 atom stereocenters. The first-order valence-electron chi connectivity index (χ1n) is 7.84. The van der Waals surface area contributed by atoms with E-state index < -0.39 is 0 Å². The third kappa shape index (κ3) is 4.00. The fraction of sp³-hybridized carbons (Fsp3) is 0.222. The second-order valence-corrected chi connectivity index (χ2v) is 6.27. The predicted molar refractivity (Wildman–Crippen MR) is 96.9 cm³/mol. The molecule has 3 aromatic rings. The van der Waals surface area contributed by atoms with Gasteiger partial charge in [0.15, 0.2) is 5.13 Å². The normalized spacial score (nSPS) is 10.6. The van der Waals surface area contributed by atoms with Gasteiger partial charge in [0.05, 0.1) is 29.8 Å². The first-order valence-corrected chi connectivity index (χ1v) is 8.72. The van der Waals surface area contributed by atoms with E-state index in [0.29, 0.717) is 23.0 Å². The molecule has 0 radical (unpaired) electrons. The highest BCUT2D eigenvalue weighted by Gasteiger charge is 2.14. The van der Waals surface area contributed by atoms with Crippen LogP contribution in [-0.2, 0) is 16.0 Å². The number of nitrogens with zero attached hydrogens (tertiary/aromatic N) is 2. The number of aromatic nitrogens is 2. The Kier molecular flexibility index (Phi) is 5.04. The summed E-state index contributed by atoms with van der Waals surface area (Å²) in [5.41, 5.74) is 2.67. The van der Waals surface area contributed by atoms with Gasteiger partial charge in [-0.2, -0.15) is 0 Å². The largest absolute Gasteiger partial charge is 0.466 e. The van der Waals surface area contributed by atoms with Crippen LogP contribution in [0.3, 0.4) is 0 Å². The van der Waals surface area contributed by atoms with E-state index in [9.17, 15) is 9.59 Å². The summed E-state index contributed by atoms with van der Waals surface area (Å²) < 4.78 is 4.90. The summed E-state index contributed by atoms with van der Waals surface area (Å²) in [5, 5.41) is 5.76. The minimum atomic E-state index is -0.332. The van der Waals surface area contributed by atoms with Gasteiger partial charge in [0.1, 0.15) is 0 Å². The Balaban J connectivity index is 1.79. The Hall–Kier alpha value is -2.80. The van der Waals surface area contributed by atoms with Crippen molar-refractivity contribution in [3.63, 3.8) is 0 Å². The number of ether oxygens (including phenoxy) is 1. The van der Waals surface area contributed by atoms with Crippen molar-refractivity contribution >= 4 is 39.2 Å². The van der Waals surface area contributed by atoms with Crippen LogP contribution in [0.1, 0.15) is 28.7 Å². The van der Waals surface area contributed by atoms with Crippen molar-refractivity contribution in [1.82, 2.24) is 9.97 Å². The Morgan fingerprint density at radius 2 is 2.04 bits per heavy atom. The molecular weight excluding hydrogens is 338 g/mol. The smallest absolute Gasteiger partial charge is 0.311 e. The molecule has 1 N–H and O–H groups in total. The predicted octanol–water partition coefficient (Wildman–Crippen LogP) is 3.36. The SMILES string of the molecule is CCOC(=O)Cc1csc(NC(=O)c2cc(C)nc3ccccc23)n1. The quantitative estimate of drug-likeness (QED) is 0.710. The fourth-order valence-corrected chi connectivity index (χ4v) is 3.17. The minimum absolute atomic E-state index is 0.0947. The highest BCUT2D eigenvalue weighted by molar-refractivity contribution is 7.14. The molecule has 6 nitrogen and oxygen atoms in total. The zero-order valence-electron chi connectivity index (χ0n) is 13.9. The molecule has 0 bridgehead atoms. The third-order valence-electron chi connectivity index (χ3n) is 3.49. The van der Waals surface area contributed by atoms with Gasteiger partial charge < -0.3 is 4.74 Å². The van der Waals surface area contributed by atoms with Crippen LogP contribution in [0.5, 0.6) is 0 Å². The lowest BCUT2D eigenvalue weighted by Gasteiger charge is -2.07. The minimum Gasteiger partial charge on any atom is -0.466 e. The lowest BCUT2D eigenvalue weighted by Crippen LogP contribution is -2.13. The number of carbonyl (C=O) groups is 2. The molecule has 0 fully saturated rings. The Labute approximate surface area is 148 Å². The molecule has 7 heteroatoms. The lowest BCUT2D eigenvalue weighted by atomic mass is 10.1. The lowest BCUT2D eigenvalue weighted by molar-refractivity contribution is -0.142. The van der Waals surface area contributed by atoms with Gasteiger partial charge in [-0.15, -0.1) is 11.3 Å². The number of anilines is 1. The average Bonchev–Trinajstić information content (AvgIpc) is 3.00. The summed E-state index contributed by atoms with van der Waals surface area (Å²) >= 11 is 1.28. The Bertz CT molecular complexity index is 936. The van der Waals surface area contributed by atoms with E-state index >= 15 is 0 Å². The third-order valence-corrected chi connectivity index (χ3v) is 4.30. The summed E-state index contributed by atoms with van der Waals surface area (Å²) in [5.74, 6) is -0.583. The number of aryl methyl sites for hydroxylation is 1. The number of carbonyl (C=O) groups excluding carboxylic acids is 2. The van der Waals surface area contributed by atoms with Crippen LogP contribution in [0.2, 0.25) is 0 Å². The van der Waals surface area contributed by atoms with Gasteiger partial charge in [0, 0.05) is 16.5 Å². The number of esters is 1. The monoisotopic (exact) mass is 355 g/mol. The number of benzene rings is 1. The number of hydrogen-bond donors (Lipinski definition) is 1. The number of para-hydroxylation sites is 1. The number of hydrogen-bond acceptors (Lipinski definition) is 6. The maximum atomic E-state index is 12.7. The van der Waals surface area contributed by atoms with E-state index in [1.807, 2.05) is 31.2 Å². The van der Waals surface area contributed by atoms with Crippen LogP contribution < -0.4 is 5.32 Å². The number of thiazole rings is 1. The molecule has 2 aromatic heterocycles. The number of amides is 1. The Morgan fingerprint density at radius 3 is 2.84 bits per heavy atom. The van der Waals surface area contributed by atoms with Gasteiger partial charge >= 0.3 is 5.97 Å². The summed E-state index contributed by atoms with van der Waals surface area (Å²) in [7, 11) is 0. The molecule has 1 aromatic carbocycles. The van der Waals surface area contributed by atoms with Gasteiger partial charge in [-0.3, -0.25) is 19.9 Å². The van der Waals surface area contributed by atoms with E-state index in [-0.39, 0.29) is 18.3 Å². The standard InChI is InChI=1S/C18H17N3O3S/c1-3-24-16(22)9-12-10-25-18(20-12)21-17(23)14-8-11(2)19-15-7-5-4-6-13(14)15/h4-8,10H,3,9H2,1-2H3,(H,20,21,23). The van der Waals surface area contributed by atoms with Crippen molar-refractivity contribution < 1.29 is 14.3 Å². The Morgan fingerprint density at radius 1 is 1.24 bits per heavy atom. The zero-order valence-corrected chi connectivity index (χ0v) is 14.7.